The molecule has 0 amide bonds. The van der Waals surface area contributed by atoms with Crippen LogP contribution in [0.25, 0.3) is 0 Å². The van der Waals surface area contributed by atoms with Gasteiger partial charge in [0.1, 0.15) is 24.0 Å². The van der Waals surface area contributed by atoms with Gasteiger partial charge in [0.2, 0.25) is 5.79 Å². The maximum atomic E-state index is 13.5. The van der Waals surface area contributed by atoms with E-state index in [2.05, 4.69) is 4.74 Å². The molecule has 13 nitrogen and oxygen atoms in total. The summed E-state index contributed by atoms with van der Waals surface area (Å²) in [4.78, 5) is 49.3. The SMILES string of the molecule is CCOC(C)(C)OC(=O)C1C2OC3C(OC(=O)C31)C2OC(=O)CCC(=O)OC(C)C(F)(F)S(=O)(=O)O. The van der Waals surface area contributed by atoms with Gasteiger partial charge in [0.15, 0.2) is 18.3 Å². The van der Waals surface area contributed by atoms with E-state index in [0.717, 1.165) is 0 Å². The van der Waals surface area contributed by atoms with Crippen molar-refractivity contribution in [2.45, 2.75) is 82.1 Å². The number of alkyl halides is 2. The molecule has 0 saturated carbocycles. The maximum Gasteiger partial charge on any atom is 0.405 e. The highest BCUT2D eigenvalue weighted by atomic mass is 32.2. The Morgan fingerprint density at radius 1 is 1.11 bits per heavy atom. The Labute approximate surface area is 204 Å². The molecule has 1 N–H and O–H groups in total. The standard InChI is InChI=1S/C20H26F2O13S/c1-5-30-19(3,4)35-18(26)12-11-13-16(34-17(11)25)15(14(12)33-13)32-10(24)7-6-9(23)31-8(2)20(21,22)36(27,28)29/h8,11-16H,5-7H2,1-4H3,(H,27,28,29). The van der Waals surface area contributed by atoms with Crippen molar-refractivity contribution in [2.24, 2.45) is 11.8 Å². The Kier molecular flexibility index (Phi) is 7.66. The molecule has 3 rings (SSSR count). The molecule has 0 spiro atoms. The van der Waals surface area contributed by atoms with Crippen LogP contribution in [0.5, 0.6) is 0 Å². The normalized spacial score (nSPS) is 30.0. The van der Waals surface area contributed by atoms with Crippen LogP contribution in [0.4, 0.5) is 8.78 Å². The van der Waals surface area contributed by atoms with Crippen molar-refractivity contribution in [3.63, 3.8) is 0 Å². The van der Waals surface area contributed by atoms with Crippen LogP contribution in [-0.2, 0) is 57.7 Å². The zero-order valence-electron chi connectivity index (χ0n) is 19.7. The van der Waals surface area contributed by atoms with E-state index >= 15 is 0 Å². The van der Waals surface area contributed by atoms with E-state index < -0.39 is 100 Å². The van der Waals surface area contributed by atoms with Gasteiger partial charge in [-0.15, -0.1) is 0 Å². The Morgan fingerprint density at radius 2 is 1.72 bits per heavy atom. The number of halogens is 2. The summed E-state index contributed by atoms with van der Waals surface area (Å²) in [7, 11) is -5.84. The second-order valence-corrected chi connectivity index (χ2v) is 10.4. The monoisotopic (exact) mass is 544 g/mol. The lowest BCUT2D eigenvalue weighted by molar-refractivity contribution is -0.221. The number of fused-ring (bicyclic) bond motifs is 1. The molecule has 7 unspecified atom stereocenters. The summed E-state index contributed by atoms with van der Waals surface area (Å²) in [6.45, 7) is 5.49. The Morgan fingerprint density at radius 3 is 2.31 bits per heavy atom. The summed E-state index contributed by atoms with van der Waals surface area (Å²) in [5, 5.41) is -4.76. The second kappa shape index (κ2) is 9.79. The number of hydrogen-bond acceptors (Lipinski definition) is 12. The molecule has 0 aromatic carbocycles. The van der Waals surface area contributed by atoms with Crippen molar-refractivity contribution in [3.05, 3.63) is 0 Å². The molecule has 2 bridgehead atoms. The fourth-order valence-corrected chi connectivity index (χ4v) is 4.84. The van der Waals surface area contributed by atoms with Crippen molar-refractivity contribution < 1.29 is 69.4 Å². The number of hydrogen-bond donors (Lipinski definition) is 1. The van der Waals surface area contributed by atoms with E-state index in [1.807, 2.05) is 0 Å². The van der Waals surface area contributed by atoms with Crippen LogP contribution < -0.4 is 0 Å². The highest BCUT2D eigenvalue weighted by Gasteiger charge is 2.72. The third-order valence-corrected chi connectivity index (χ3v) is 6.96. The molecule has 204 valence electrons. The molecule has 0 aromatic rings. The van der Waals surface area contributed by atoms with Crippen LogP contribution in [-0.4, -0.2) is 85.0 Å². The van der Waals surface area contributed by atoms with Crippen LogP contribution in [0.2, 0.25) is 0 Å². The van der Waals surface area contributed by atoms with E-state index in [9.17, 15) is 36.4 Å². The summed E-state index contributed by atoms with van der Waals surface area (Å²) in [5.74, 6) is -7.33. The van der Waals surface area contributed by atoms with Crippen molar-refractivity contribution >= 4 is 34.0 Å². The van der Waals surface area contributed by atoms with Gasteiger partial charge >= 0.3 is 39.2 Å². The predicted molar refractivity (Wildman–Crippen MR) is 108 cm³/mol. The average molecular weight is 544 g/mol. The van der Waals surface area contributed by atoms with Crippen LogP contribution in [0.3, 0.4) is 0 Å². The minimum atomic E-state index is -5.84. The number of carbonyl (C=O) groups excluding carboxylic acids is 4. The molecule has 0 aliphatic carbocycles. The molecule has 7 atom stereocenters. The minimum Gasteiger partial charge on any atom is -0.455 e. The summed E-state index contributed by atoms with van der Waals surface area (Å²) in [6, 6.07) is 0. The lowest BCUT2D eigenvalue weighted by atomic mass is 9.78. The summed E-state index contributed by atoms with van der Waals surface area (Å²) in [6.07, 6.45) is -8.09. The lowest BCUT2D eigenvalue weighted by Gasteiger charge is -2.31. The molecule has 3 saturated heterocycles. The predicted octanol–water partition coefficient (Wildman–Crippen LogP) is 0.345. The zero-order valence-corrected chi connectivity index (χ0v) is 20.5. The fourth-order valence-electron chi connectivity index (χ4n) is 4.38. The van der Waals surface area contributed by atoms with Gasteiger partial charge in [0, 0.05) is 20.5 Å². The molecular formula is C20H26F2O13S. The number of rotatable bonds is 11. The van der Waals surface area contributed by atoms with Crippen LogP contribution in [0.1, 0.15) is 40.5 Å². The molecule has 3 aliphatic heterocycles. The number of ether oxygens (including phenoxy) is 6. The third-order valence-electron chi connectivity index (χ3n) is 5.94. The van der Waals surface area contributed by atoms with Crippen LogP contribution >= 0.6 is 0 Å². The first-order valence-electron chi connectivity index (χ1n) is 11.0. The topological polar surface area (TPSA) is 178 Å². The molecule has 16 heteroatoms. The van der Waals surface area contributed by atoms with Gasteiger partial charge in [-0.1, -0.05) is 0 Å². The van der Waals surface area contributed by atoms with E-state index in [1.54, 1.807) is 6.92 Å². The molecule has 0 radical (unpaired) electrons. The first-order chi connectivity index (χ1) is 16.5. The third kappa shape index (κ3) is 5.31. The van der Waals surface area contributed by atoms with E-state index in [1.165, 1.54) is 13.8 Å². The molecule has 3 heterocycles. The maximum absolute atomic E-state index is 13.5. The number of carbonyl (C=O) groups is 4. The van der Waals surface area contributed by atoms with Gasteiger partial charge in [-0.2, -0.15) is 17.2 Å². The van der Waals surface area contributed by atoms with E-state index in [0.29, 0.717) is 6.92 Å². The number of esters is 4. The zero-order chi connectivity index (χ0) is 27.2. The van der Waals surface area contributed by atoms with Crippen LogP contribution in [0, 0.1) is 11.8 Å². The van der Waals surface area contributed by atoms with E-state index in [4.69, 9.17) is 28.2 Å². The Hall–Kier alpha value is -2.43. The van der Waals surface area contributed by atoms with Gasteiger partial charge in [-0.05, 0) is 13.8 Å². The molecular weight excluding hydrogens is 518 g/mol. The highest BCUT2D eigenvalue weighted by Crippen LogP contribution is 2.51. The molecule has 3 fully saturated rings. The largest absolute Gasteiger partial charge is 0.455 e. The quantitative estimate of drug-likeness (QED) is 0.163. The van der Waals surface area contributed by atoms with Crippen molar-refractivity contribution in [1.29, 1.82) is 0 Å². The van der Waals surface area contributed by atoms with Gasteiger partial charge in [0.05, 0.1) is 12.8 Å². The lowest BCUT2D eigenvalue weighted by Crippen LogP contribution is -2.49. The summed E-state index contributed by atoms with van der Waals surface area (Å²) < 4.78 is 88.2. The second-order valence-electron chi connectivity index (χ2n) is 8.90. The minimum absolute atomic E-state index is 0.246. The Balaban J connectivity index is 1.59. The van der Waals surface area contributed by atoms with Crippen molar-refractivity contribution in [1.82, 2.24) is 0 Å². The molecule has 36 heavy (non-hydrogen) atoms. The first-order valence-corrected chi connectivity index (χ1v) is 12.4. The Bertz CT molecular complexity index is 1030. The van der Waals surface area contributed by atoms with Crippen LogP contribution in [0.15, 0.2) is 0 Å². The van der Waals surface area contributed by atoms with Crippen molar-refractivity contribution in [2.75, 3.05) is 6.61 Å². The fraction of sp³-hybridized carbons (Fsp3) is 0.800. The van der Waals surface area contributed by atoms with Gasteiger partial charge in [-0.3, -0.25) is 23.7 Å². The van der Waals surface area contributed by atoms with Gasteiger partial charge in [0.25, 0.3) is 0 Å². The molecule has 3 aliphatic rings. The summed E-state index contributed by atoms with van der Waals surface area (Å²) >= 11 is 0. The first kappa shape index (κ1) is 28.1. The molecule has 0 aromatic heterocycles. The highest BCUT2D eigenvalue weighted by molar-refractivity contribution is 7.86. The van der Waals surface area contributed by atoms with Crippen molar-refractivity contribution in [3.8, 4) is 0 Å². The van der Waals surface area contributed by atoms with Gasteiger partial charge < -0.3 is 28.4 Å². The average Bonchev–Trinajstić information content (AvgIpc) is 3.34. The van der Waals surface area contributed by atoms with Gasteiger partial charge in [-0.25, -0.2) is 0 Å². The smallest absolute Gasteiger partial charge is 0.405 e. The van der Waals surface area contributed by atoms with E-state index in [-0.39, 0.29) is 6.61 Å². The summed E-state index contributed by atoms with van der Waals surface area (Å²) in [5.41, 5.74) is 0.